The number of unbranched alkanes of at least 4 members (excludes halogenated alkanes) is 9. The van der Waals surface area contributed by atoms with Crippen LogP contribution < -0.4 is 17.1 Å². The van der Waals surface area contributed by atoms with Crippen molar-refractivity contribution in [3.63, 3.8) is 0 Å². The summed E-state index contributed by atoms with van der Waals surface area (Å²) < 4.78 is 4.87. The summed E-state index contributed by atoms with van der Waals surface area (Å²) in [4.78, 5) is 46.5. The molecule has 69 heavy (non-hydrogen) atoms. The molecule has 6 nitrogen and oxygen atoms in total. The normalized spacial score (nSPS) is 14.4. The number of allylic oxidation sites excluding steroid dienone is 6. The summed E-state index contributed by atoms with van der Waals surface area (Å²) in [7, 11) is -3.90. The molecule has 0 aliphatic rings. The second-order valence-corrected chi connectivity index (χ2v) is 29.8. The van der Waals surface area contributed by atoms with Crippen LogP contribution in [0.15, 0.2) is 90.3 Å². The number of aromatic nitrogens is 3. The molecule has 393 valence electrons. The van der Waals surface area contributed by atoms with Crippen molar-refractivity contribution < 1.29 is 0 Å². The minimum atomic E-state index is -1.30. The minimum Gasteiger partial charge on any atom is -0.248 e. The van der Waals surface area contributed by atoms with Crippen molar-refractivity contribution in [2.45, 2.75) is 268 Å². The SMILES string of the molecule is C=CCC(CCCC)CC(CC=C)[Si](CCCCC)Cn1c(=O)n(C[Si](CCCCC)C(CC=C)CC(CC=C)CCCC)c(=O)n(C[Si](CCCCC)C(CC=C)CC(CC=C)CCCC)c1=O. The van der Waals surface area contributed by atoms with Crippen LogP contribution in [0.3, 0.4) is 0 Å². The standard InChI is InChI=1S/C60H108N3O3Si3/c1-13-25-31-43-67(55(37-22-10)46-52(34-19-7)40-28-16-4)49-61-58(64)62(50-68(44-32-26-14-2)56(38-23-11)47-53(35-20-8)41-29-17-5)60(66)63(59(61)65)51-69(45-33-27-15-3)57(39-24-12)48-54(36-21-9)42-30-18-6/h19-24,52-57H,7-18,25-51H2,1-6H3. The zero-order valence-electron chi connectivity index (χ0n) is 46.1. The fourth-order valence-electron chi connectivity index (χ4n) is 11.0. The van der Waals surface area contributed by atoms with Crippen molar-refractivity contribution in [2.75, 3.05) is 0 Å². The summed E-state index contributed by atoms with van der Waals surface area (Å²) in [6.45, 7) is 38.8. The molecule has 0 N–H and O–H groups in total. The van der Waals surface area contributed by atoms with Gasteiger partial charge in [0.1, 0.15) is 0 Å². The van der Waals surface area contributed by atoms with E-state index in [4.69, 9.17) is 0 Å². The van der Waals surface area contributed by atoms with Gasteiger partial charge in [0.2, 0.25) is 0 Å². The summed E-state index contributed by atoms with van der Waals surface area (Å²) in [6, 6.07) is 3.13. The molecule has 0 aliphatic heterocycles. The first-order valence-electron chi connectivity index (χ1n) is 28.7. The van der Waals surface area contributed by atoms with E-state index >= 15 is 14.4 Å². The zero-order valence-corrected chi connectivity index (χ0v) is 49.1. The summed E-state index contributed by atoms with van der Waals surface area (Å²) in [5, 5.41) is 0. The van der Waals surface area contributed by atoms with Gasteiger partial charge in [0, 0.05) is 18.5 Å². The monoisotopic (exact) mass is 1000 g/mol. The average molecular weight is 1000 g/mol. The quantitative estimate of drug-likeness (QED) is 0.0371. The number of nitrogens with zero attached hydrogens (tertiary/aromatic N) is 3. The van der Waals surface area contributed by atoms with Gasteiger partial charge in [0.15, 0.2) is 0 Å². The predicted octanol–water partition coefficient (Wildman–Crippen LogP) is 17.0. The van der Waals surface area contributed by atoms with Gasteiger partial charge in [-0.2, -0.15) is 0 Å². The van der Waals surface area contributed by atoms with Gasteiger partial charge < -0.3 is 0 Å². The zero-order chi connectivity index (χ0) is 51.2. The Morgan fingerprint density at radius 2 is 0.594 bits per heavy atom. The van der Waals surface area contributed by atoms with E-state index in [0.717, 1.165) is 153 Å². The van der Waals surface area contributed by atoms with Crippen molar-refractivity contribution in [1.82, 2.24) is 13.7 Å². The molecule has 0 bridgehead atoms. The lowest BCUT2D eigenvalue weighted by Crippen LogP contribution is -2.58. The first kappa shape index (κ1) is 64.5. The van der Waals surface area contributed by atoms with Crippen LogP contribution in [0, 0.1) is 17.8 Å². The molecule has 0 aromatic carbocycles. The van der Waals surface area contributed by atoms with Crippen LogP contribution in [0.2, 0.25) is 34.8 Å². The molecule has 1 aromatic rings. The lowest BCUT2D eigenvalue weighted by atomic mass is 9.92. The highest BCUT2D eigenvalue weighted by Crippen LogP contribution is 2.36. The Kier molecular flexibility index (Phi) is 38.4. The van der Waals surface area contributed by atoms with Crippen LogP contribution in [-0.4, -0.2) is 40.1 Å². The van der Waals surface area contributed by atoms with Gasteiger partial charge in [-0.1, -0.05) is 212 Å². The molecule has 0 spiro atoms. The maximum absolute atomic E-state index is 15.5. The van der Waals surface area contributed by atoms with Crippen molar-refractivity contribution in [2.24, 2.45) is 17.8 Å². The van der Waals surface area contributed by atoms with E-state index in [9.17, 15) is 0 Å². The molecule has 9 heteroatoms. The van der Waals surface area contributed by atoms with Crippen LogP contribution in [0.1, 0.15) is 215 Å². The summed E-state index contributed by atoms with van der Waals surface area (Å²) >= 11 is 0. The number of rotatable bonds is 48. The molecule has 1 aromatic heterocycles. The third-order valence-electron chi connectivity index (χ3n) is 15.1. The molecular formula is C60H108N3O3Si3. The van der Waals surface area contributed by atoms with Crippen LogP contribution >= 0.6 is 0 Å². The Balaban J connectivity index is 4.40. The third-order valence-corrected chi connectivity index (χ3v) is 25.1. The fourth-order valence-corrected chi connectivity index (χ4v) is 21.1. The average Bonchev–Trinajstić information content (AvgIpc) is 3.33. The first-order chi connectivity index (χ1) is 33.5. The minimum absolute atomic E-state index is 0.359. The van der Waals surface area contributed by atoms with E-state index in [1.165, 1.54) is 38.5 Å². The molecule has 0 saturated heterocycles. The second-order valence-electron chi connectivity index (χ2n) is 20.9. The third kappa shape index (κ3) is 25.1. The largest absolute Gasteiger partial charge is 0.335 e. The number of hydrogen-bond acceptors (Lipinski definition) is 3. The van der Waals surface area contributed by atoms with Crippen LogP contribution in [0.5, 0.6) is 0 Å². The van der Waals surface area contributed by atoms with E-state index in [1.807, 2.05) is 0 Å². The van der Waals surface area contributed by atoms with Crippen molar-refractivity contribution in [3.05, 3.63) is 107 Å². The molecule has 0 saturated carbocycles. The molecule has 0 fully saturated rings. The second kappa shape index (κ2) is 41.0. The first-order valence-corrected chi connectivity index (χ1v) is 34.6. The van der Waals surface area contributed by atoms with E-state index in [0.29, 0.717) is 52.9 Å². The summed E-state index contributed by atoms with van der Waals surface area (Å²) in [5.74, 6) is 1.57. The Morgan fingerprint density at radius 1 is 0.362 bits per heavy atom. The maximum atomic E-state index is 15.5. The van der Waals surface area contributed by atoms with Crippen molar-refractivity contribution in [1.29, 1.82) is 0 Å². The van der Waals surface area contributed by atoms with Gasteiger partial charge in [-0.15, -0.1) is 39.5 Å². The van der Waals surface area contributed by atoms with E-state index in [1.54, 1.807) is 13.7 Å². The Morgan fingerprint density at radius 3 is 0.797 bits per heavy atom. The molecule has 3 radical (unpaired) electrons. The number of hydrogen-bond donors (Lipinski definition) is 0. The van der Waals surface area contributed by atoms with E-state index in [2.05, 4.69) is 117 Å². The highest BCUT2D eigenvalue weighted by Gasteiger charge is 2.33. The van der Waals surface area contributed by atoms with Crippen LogP contribution in [-0.2, 0) is 18.5 Å². The molecule has 0 amide bonds. The predicted molar refractivity (Wildman–Crippen MR) is 313 cm³/mol. The van der Waals surface area contributed by atoms with Crippen molar-refractivity contribution >= 4 is 26.4 Å². The van der Waals surface area contributed by atoms with Gasteiger partial charge in [-0.05, 0) is 92.2 Å². The summed E-state index contributed by atoms with van der Waals surface area (Å²) in [6.07, 6.45) is 43.2. The van der Waals surface area contributed by atoms with Gasteiger partial charge >= 0.3 is 17.1 Å². The van der Waals surface area contributed by atoms with Crippen LogP contribution in [0.4, 0.5) is 0 Å². The van der Waals surface area contributed by atoms with Gasteiger partial charge in [-0.25, -0.2) is 28.1 Å². The van der Waals surface area contributed by atoms with Gasteiger partial charge in [-0.3, -0.25) is 0 Å². The highest BCUT2D eigenvalue weighted by atomic mass is 28.3. The molecule has 6 atom stereocenters. The molecule has 1 rings (SSSR count). The molecule has 6 unspecified atom stereocenters. The Bertz CT molecular complexity index is 1490. The molecule has 0 aliphatic carbocycles. The molecule has 1 heterocycles. The fraction of sp³-hybridized carbons (Fsp3) is 0.750. The van der Waals surface area contributed by atoms with Crippen LogP contribution in [0.25, 0.3) is 0 Å². The maximum Gasteiger partial charge on any atom is 0.335 e. The van der Waals surface area contributed by atoms with E-state index in [-0.39, 0.29) is 17.1 Å². The van der Waals surface area contributed by atoms with Gasteiger partial charge in [0.05, 0.1) is 26.4 Å². The Labute approximate surface area is 431 Å². The Hall–Kier alpha value is -2.50. The lowest BCUT2D eigenvalue weighted by molar-refractivity contribution is 0.418. The molecular weight excluding hydrogens is 895 g/mol. The van der Waals surface area contributed by atoms with Gasteiger partial charge in [0.25, 0.3) is 0 Å². The summed E-state index contributed by atoms with van der Waals surface area (Å²) in [5.41, 5.74) is 0.0405. The smallest absolute Gasteiger partial charge is 0.248 e. The van der Waals surface area contributed by atoms with Crippen molar-refractivity contribution in [3.8, 4) is 0 Å². The topological polar surface area (TPSA) is 66.0 Å². The highest BCUT2D eigenvalue weighted by molar-refractivity contribution is 6.60. The van der Waals surface area contributed by atoms with E-state index < -0.39 is 26.4 Å². The lowest BCUT2D eigenvalue weighted by Gasteiger charge is -2.31.